The molecule has 17 heavy (non-hydrogen) atoms. The Balaban J connectivity index is 1.76. The molecule has 0 aromatic carbocycles. The minimum atomic E-state index is -0.590. The van der Waals surface area contributed by atoms with Gasteiger partial charge in [0.05, 0.1) is 25.2 Å². The molecule has 1 fully saturated rings. The van der Waals surface area contributed by atoms with Gasteiger partial charge in [-0.3, -0.25) is 14.9 Å². The Morgan fingerprint density at radius 2 is 2.24 bits per heavy atom. The van der Waals surface area contributed by atoms with E-state index in [-0.39, 0.29) is 24.7 Å². The fourth-order valence-corrected chi connectivity index (χ4v) is 2.30. The van der Waals surface area contributed by atoms with Crippen LogP contribution in [0.3, 0.4) is 0 Å². The predicted molar refractivity (Wildman–Crippen MR) is 63.5 cm³/mol. The Hall–Kier alpha value is -1.24. The van der Waals surface area contributed by atoms with E-state index >= 15 is 0 Å². The van der Waals surface area contributed by atoms with Gasteiger partial charge in [0, 0.05) is 11.3 Å². The van der Waals surface area contributed by atoms with Gasteiger partial charge >= 0.3 is 0 Å². The van der Waals surface area contributed by atoms with Crippen molar-refractivity contribution in [1.82, 2.24) is 5.32 Å². The zero-order valence-corrected chi connectivity index (χ0v) is 10.1. The third kappa shape index (κ3) is 3.36. The van der Waals surface area contributed by atoms with Gasteiger partial charge in [0.25, 0.3) is 0 Å². The summed E-state index contributed by atoms with van der Waals surface area (Å²) in [6, 6.07) is 3.73. The average Bonchev–Trinajstić information content (AvgIpc) is 2.67. The molecular weight excluding hydrogens is 240 g/mol. The van der Waals surface area contributed by atoms with Crippen LogP contribution in [0.25, 0.3) is 0 Å². The lowest BCUT2D eigenvalue weighted by atomic mass is 9.94. The number of nitrogens with one attached hydrogen (secondary N) is 1. The summed E-state index contributed by atoms with van der Waals surface area (Å²) in [5, 5.41) is 4.23. The van der Waals surface area contributed by atoms with Crippen molar-refractivity contribution < 1.29 is 14.3 Å². The van der Waals surface area contributed by atoms with Crippen LogP contribution >= 0.6 is 11.3 Å². The maximum Gasteiger partial charge on any atom is 0.231 e. The van der Waals surface area contributed by atoms with E-state index in [0.717, 1.165) is 4.88 Å². The molecule has 2 amide bonds. The SMILES string of the molecule is NC1(CC(=O)NC(=O)Cc2cccs2)COC1. The first-order chi connectivity index (χ1) is 8.07. The van der Waals surface area contributed by atoms with E-state index < -0.39 is 5.54 Å². The van der Waals surface area contributed by atoms with Crippen molar-refractivity contribution in [1.29, 1.82) is 0 Å². The first kappa shape index (κ1) is 12.2. The second kappa shape index (κ2) is 4.95. The molecule has 2 rings (SSSR count). The van der Waals surface area contributed by atoms with Crippen molar-refractivity contribution in [2.24, 2.45) is 5.73 Å². The van der Waals surface area contributed by atoms with Crippen LogP contribution in [0.2, 0.25) is 0 Å². The predicted octanol–water partition coefficient (Wildman–Crippen LogP) is 0.0512. The van der Waals surface area contributed by atoms with Gasteiger partial charge in [0.15, 0.2) is 0 Å². The molecule has 6 heteroatoms. The number of hydrogen-bond donors (Lipinski definition) is 2. The summed E-state index contributed by atoms with van der Waals surface area (Å²) >= 11 is 1.49. The van der Waals surface area contributed by atoms with Crippen LogP contribution in [0.4, 0.5) is 0 Å². The first-order valence-electron chi connectivity index (χ1n) is 5.29. The molecule has 1 aliphatic rings. The molecule has 1 aromatic rings. The maximum atomic E-state index is 11.5. The third-order valence-electron chi connectivity index (χ3n) is 2.49. The topological polar surface area (TPSA) is 81.4 Å². The Morgan fingerprint density at radius 1 is 1.47 bits per heavy atom. The summed E-state index contributed by atoms with van der Waals surface area (Å²) in [6.45, 7) is 0.749. The van der Waals surface area contributed by atoms with Crippen LogP contribution < -0.4 is 11.1 Å². The Kier molecular flexibility index (Phi) is 3.56. The summed E-state index contributed by atoms with van der Waals surface area (Å²) < 4.78 is 4.94. The lowest BCUT2D eigenvalue weighted by Gasteiger charge is -2.36. The van der Waals surface area contributed by atoms with E-state index in [9.17, 15) is 9.59 Å². The molecule has 0 aliphatic carbocycles. The number of amides is 2. The Bertz CT molecular complexity index is 412. The van der Waals surface area contributed by atoms with Gasteiger partial charge in [-0.15, -0.1) is 11.3 Å². The Labute approximate surface area is 103 Å². The molecule has 0 atom stereocenters. The van der Waals surface area contributed by atoms with E-state index in [4.69, 9.17) is 10.5 Å². The maximum absolute atomic E-state index is 11.5. The van der Waals surface area contributed by atoms with Crippen molar-refractivity contribution >= 4 is 23.2 Å². The lowest BCUT2D eigenvalue weighted by molar-refractivity contribution is -0.134. The summed E-state index contributed by atoms with van der Waals surface area (Å²) in [5.41, 5.74) is 5.23. The van der Waals surface area contributed by atoms with Gasteiger partial charge in [0.2, 0.25) is 11.8 Å². The molecule has 0 radical (unpaired) electrons. The Morgan fingerprint density at radius 3 is 2.76 bits per heavy atom. The van der Waals surface area contributed by atoms with E-state index in [1.165, 1.54) is 11.3 Å². The largest absolute Gasteiger partial charge is 0.377 e. The second-order valence-electron chi connectivity index (χ2n) is 4.26. The van der Waals surface area contributed by atoms with E-state index in [2.05, 4.69) is 5.32 Å². The molecule has 1 aliphatic heterocycles. The number of ether oxygens (including phenoxy) is 1. The molecule has 5 nitrogen and oxygen atoms in total. The minimum Gasteiger partial charge on any atom is -0.377 e. The van der Waals surface area contributed by atoms with Crippen molar-refractivity contribution in [3.8, 4) is 0 Å². The van der Waals surface area contributed by atoms with Crippen LogP contribution in [0.15, 0.2) is 17.5 Å². The molecule has 92 valence electrons. The molecule has 3 N–H and O–H groups in total. The highest BCUT2D eigenvalue weighted by molar-refractivity contribution is 7.10. The second-order valence-corrected chi connectivity index (χ2v) is 5.29. The normalized spacial score (nSPS) is 17.2. The number of carbonyl (C=O) groups is 2. The molecule has 0 spiro atoms. The summed E-state index contributed by atoms with van der Waals surface area (Å²) in [5.74, 6) is -0.626. The smallest absolute Gasteiger partial charge is 0.231 e. The van der Waals surface area contributed by atoms with Gasteiger partial charge in [-0.25, -0.2) is 0 Å². The number of hydrogen-bond acceptors (Lipinski definition) is 5. The quantitative estimate of drug-likeness (QED) is 0.795. The molecule has 1 saturated heterocycles. The fourth-order valence-electron chi connectivity index (χ4n) is 1.60. The van der Waals surface area contributed by atoms with Gasteiger partial charge in [-0.05, 0) is 11.4 Å². The van der Waals surface area contributed by atoms with Crippen LogP contribution in [-0.4, -0.2) is 30.6 Å². The average molecular weight is 254 g/mol. The fraction of sp³-hybridized carbons (Fsp3) is 0.455. The van der Waals surface area contributed by atoms with Gasteiger partial charge in [0.1, 0.15) is 0 Å². The molecule has 0 unspecified atom stereocenters. The van der Waals surface area contributed by atoms with E-state index in [1.807, 2.05) is 17.5 Å². The van der Waals surface area contributed by atoms with E-state index in [0.29, 0.717) is 13.2 Å². The minimum absolute atomic E-state index is 0.128. The van der Waals surface area contributed by atoms with Gasteiger partial charge < -0.3 is 10.5 Å². The number of carbonyl (C=O) groups excluding carboxylic acids is 2. The van der Waals surface area contributed by atoms with E-state index in [1.54, 1.807) is 0 Å². The lowest BCUT2D eigenvalue weighted by Crippen LogP contribution is -2.59. The standard InChI is InChI=1S/C11H14N2O3S/c12-11(6-16-7-11)5-10(15)13-9(14)4-8-2-1-3-17-8/h1-3H,4-7,12H2,(H,13,14,15). The molecule has 2 heterocycles. The number of imide groups is 1. The molecule has 0 bridgehead atoms. The zero-order chi connectivity index (χ0) is 12.3. The summed E-state index contributed by atoms with van der Waals surface area (Å²) in [4.78, 5) is 24.0. The number of nitrogens with two attached hydrogens (primary N) is 1. The van der Waals surface area contributed by atoms with Crippen molar-refractivity contribution in [2.75, 3.05) is 13.2 Å². The highest BCUT2D eigenvalue weighted by Gasteiger charge is 2.36. The summed E-state index contributed by atoms with van der Waals surface area (Å²) in [7, 11) is 0. The van der Waals surface area contributed by atoms with Crippen LogP contribution in [-0.2, 0) is 20.7 Å². The van der Waals surface area contributed by atoms with Gasteiger partial charge in [-0.2, -0.15) is 0 Å². The zero-order valence-electron chi connectivity index (χ0n) is 9.27. The van der Waals surface area contributed by atoms with Gasteiger partial charge in [-0.1, -0.05) is 6.07 Å². The highest BCUT2D eigenvalue weighted by Crippen LogP contribution is 2.17. The summed E-state index contributed by atoms with van der Waals surface area (Å²) in [6.07, 6.45) is 0.362. The molecular formula is C11H14N2O3S. The highest BCUT2D eigenvalue weighted by atomic mass is 32.1. The third-order valence-corrected chi connectivity index (χ3v) is 3.36. The number of thiophene rings is 1. The molecule has 0 saturated carbocycles. The van der Waals surface area contributed by atoms with Crippen molar-refractivity contribution in [3.05, 3.63) is 22.4 Å². The monoisotopic (exact) mass is 254 g/mol. The van der Waals surface area contributed by atoms with Crippen molar-refractivity contribution in [3.63, 3.8) is 0 Å². The first-order valence-corrected chi connectivity index (χ1v) is 6.17. The van der Waals surface area contributed by atoms with Crippen LogP contribution in [0, 0.1) is 0 Å². The molecule has 1 aromatic heterocycles. The number of rotatable bonds is 4. The van der Waals surface area contributed by atoms with Crippen LogP contribution in [0.5, 0.6) is 0 Å². The van der Waals surface area contributed by atoms with Crippen LogP contribution in [0.1, 0.15) is 11.3 Å². The van der Waals surface area contributed by atoms with Crippen molar-refractivity contribution in [2.45, 2.75) is 18.4 Å².